The molecule has 5 rings (SSSR count). The molecule has 0 aliphatic carbocycles. The molecule has 4 atom stereocenters. The largest absolute Gasteiger partial charge is 0.497 e. The molecular weight excluding hydrogens is 616 g/mol. The standard InChI is InChI=1S/C36H44N2O8Si/c1-35(2,3)47(6,7)46-32-29(45-33(31(32)40)38-22-21-30(39)37-34(38)41)23-44-36(24-11-9-8-10-12-24,25-13-17-27(42-4)18-14-25)26-15-19-28(43-5)20-16-26/h8-22,29,31-33,40H,23H2,1-7H3,(H,37,39,41)/t29-,31+,32-,33-/m0/s1. The first kappa shape index (κ1) is 34.3. The van der Waals surface area contributed by atoms with E-state index in [-0.39, 0.29) is 11.6 Å². The molecule has 1 aliphatic heterocycles. The lowest BCUT2D eigenvalue weighted by molar-refractivity contribution is -0.0948. The third-order valence-corrected chi connectivity index (χ3v) is 13.8. The van der Waals surface area contributed by atoms with E-state index in [0.29, 0.717) is 11.5 Å². The lowest BCUT2D eigenvalue weighted by Crippen LogP contribution is -2.50. The summed E-state index contributed by atoms with van der Waals surface area (Å²) in [6.45, 7) is 10.5. The molecule has 1 saturated heterocycles. The van der Waals surface area contributed by atoms with Gasteiger partial charge in [-0.15, -0.1) is 0 Å². The van der Waals surface area contributed by atoms with Crippen molar-refractivity contribution in [2.45, 2.75) is 69.0 Å². The first-order chi connectivity index (χ1) is 22.3. The van der Waals surface area contributed by atoms with Crippen LogP contribution >= 0.6 is 0 Å². The van der Waals surface area contributed by atoms with E-state index < -0.39 is 49.7 Å². The molecule has 1 aromatic heterocycles. The zero-order valence-electron chi connectivity index (χ0n) is 27.9. The van der Waals surface area contributed by atoms with Crippen molar-refractivity contribution >= 4 is 8.32 Å². The van der Waals surface area contributed by atoms with Crippen LogP contribution in [0.5, 0.6) is 11.5 Å². The summed E-state index contributed by atoms with van der Waals surface area (Å²) in [5, 5.41) is 11.6. The number of hydrogen-bond acceptors (Lipinski definition) is 8. The SMILES string of the molecule is COc1ccc(C(OC[C@@H]2O[C@H](n3ccc(=O)[nH]c3=O)[C@H](O)[C@H]2O[Si](C)(C)C(C)(C)C)(c2ccccc2)c2ccc(OC)cc2)cc1. The van der Waals surface area contributed by atoms with Crippen molar-refractivity contribution in [1.29, 1.82) is 0 Å². The number of H-pyrrole nitrogens is 1. The Morgan fingerprint density at radius 3 is 1.85 bits per heavy atom. The number of ether oxygens (including phenoxy) is 4. The number of methoxy groups -OCH3 is 2. The Morgan fingerprint density at radius 2 is 1.36 bits per heavy atom. The maximum atomic E-state index is 12.8. The quantitative estimate of drug-likeness (QED) is 0.166. The molecule has 0 amide bonds. The summed E-state index contributed by atoms with van der Waals surface area (Å²) in [5.41, 5.74) is 0.169. The molecule has 0 spiro atoms. The highest BCUT2D eigenvalue weighted by molar-refractivity contribution is 6.74. The number of nitrogens with zero attached hydrogens (tertiary/aromatic N) is 1. The summed E-state index contributed by atoms with van der Waals surface area (Å²) in [6.07, 6.45) is -2.64. The van der Waals surface area contributed by atoms with Crippen molar-refractivity contribution < 1.29 is 28.5 Å². The van der Waals surface area contributed by atoms with Crippen molar-refractivity contribution in [1.82, 2.24) is 9.55 Å². The van der Waals surface area contributed by atoms with Crippen molar-refractivity contribution in [3.05, 3.63) is 129 Å². The van der Waals surface area contributed by atoms with Crippen molar-refractivity contribution in [2.24, 2.45) is 0 Å². The highest BCUT2D eigenvalue weighted by atomic mass is 28.4. The Balaban J connectivity index is 1.62. The molecule has 2 N–H and O–H groups in total. The molecule has 10 nitrogen and oxygen atoms in total. The monoisotopic (exact) mass is 660 g/mol. The number of aromatic amines is 1. The maximum Gasteiger partial charge on any atom is 0.330 e. The van der Waals surface area contributed by atoms with Crippen LogP contribution in [-0.2, 0) is 19.5 Å². The first-order valence-corrected chi connectivity index (χ1v) is 18.5. The molecule has 1 aliphatic rings. The molecular formula is C36H44N2O8Si. The highest BCUT2D eigenvalue weighted by Gasteiger charge is 2.51. The normalized spacial score (nSPS) is 20.3. The summed E-state index contributed by atoms with van der Waals surface area (Å²) in [6, 6.07) is 26.5. The number of aliphatic hydroxyl groups excluding tert-OH is 1. The molecule has 2 heterocycles. The van der Waals surface area contributed by atoms with Crippen LogP contribution in [-0.4, -0.2) is 62.1 Å². The molecule has 1 fully saturated rings. The van der Waals surface area contributed by atoms with E-state index in [1.165, 1.54) is 16.8 Å². The fourth-order valence-corrected chi connectivity index (χ4v) is 6.98. The second-order valence-electron chi connectivity index (χ2n) is 13.2. The number of benzene rings is 3. The van der Waals surface area contributed by atoms with Gasteiger partial charge in [0.25, 0.3) is 5.56 Å². The zero-order valence-corrected chi connectivity index (χ0v) is 28.9. The second kappa shape index (κ2) is 13.6. The third-order valence-electron chi connectivity index (χ3n) is 9.31. The zero-order chi connectivity index (χ0) is 34.0. The predicted molar refractivity (Wildman–Crippen MR) is 182 cm³/mol. The van der Waals surface area contributed by atoms with E-state index in [4.69, 9.17) is 23.4 Å². The summed E-state index contributed by atoms with van der Waals surface area (Å²) in [5.74, 6) is 1.40. The van der Waals surface area contributed by atoms with Gasteiger partial charge in [0.1, 0.15) is 35.4 Å². The first-order valence-electron chi connectivity index (χ1n) is 15.6. The van der Waals surface area contributed by atoms with E-state index in [1.807, 2.05) is 78.9 Å². The average Bonchev–Trinajstić information content (AvgIpc) is 3.35. The van der Waals surface area contributed by atoms with Gasteiger partial charge in [-0.25, -0.2) is 4.79 Å². The minimum atomic E-state index is -2.46. The molecule has 47 heavy (non-hydrogen) atoms. The Bertz CT molecular complexity index is 1700. The van der Waals surface area contributed by atoms with Gasteiger partial charge >= 0.3 is 5.69 Å². The van der Waals surface area contributed by atoms with E-state index in [1.54, 1.807) is 14.2 Å². The third kappa shape index (κ3) is 6.86. The predicted octanol–water partition coefficient (Wildman–Crippen LogP) is 5.21. The Kier molecular flexibility index (Phi) is 9.95. The smallest absolute Gasteiger partial charge is 0.330 e. The van der Waals surface area contributed by atoms with Crippen LogP contribution in [0.4, 0.5) is 0 Å². The van der Waals surface area contributed by atoms with Gasteiger partial charge in [-0.2, -0.15) is 0 Å². The summed E-state index contributed by atoms with van der Waals surface area (Å²) in [4.78, 5) is 26.9. The number of nitrogens with one attached hydrogen (secondary N) is 1. The minimum Gasteiger partial charge on any atom is -0.497 e. The van der Waals surface area contributed by atoms with Crippen LogP contribution in [0, 0.1) is 0 Å². The summed E-state index contributed by atoms with van der Waals surface area (Å²) >= 11 is 0. The van der Waals surface area contributed by atoms with Gasteiger partial charge in [-0.3, -0.25) is 14.3 Å². The molecule has 0 radical (unpaired) electrons. The number of aromatic nitrogens is 2. The van der Waals surface area contributed by atoms with Gasteiger partial charge in [0.15, 0.2) is 14.5 Å². The Labute approximate surface area is 276 Å². The highest BCUT2D eigenvalue weighted by Crippen LogP contribution is 2.44. The summed E-state index contributed by atoms with van der Waals surface area (Å²) in [7, 11) is 0.777. The molecule has 0 saturated carbocycles. The van der Waals surface area contributed by atoms with Crippen LogP contribution in [0.1, 0.15) is 43.7 Å². The topological polar surface area (TPSA) is 121 Å². The molecule has 0 bridgehead atoms. The lowest BCUT2D eigenvalue weighted by Gasteiger charge is -2.41. The maximum absolute atomic E-state index is 12.8. The molecule has 0 unspecified atom stereocenters. The molecule has 250 valence electrons. The van der Waals surface area contributed by atoms with Gasteiger partial charge in [0, 0.05) is 12.3 Å². The lowest BCUT2D eigenvalue weighted by atomic mass is 9.80. The second-order valence-corrected chi connectivity index (χ2v) is 18.0. The van der Waals surface area contributed by atoms with E-state index in [2.05, 4.69) is 38.8 Å². The number of hydrogen-bond donors (Lipinski definition) is 2. The van der Waals surface area contributed by atoms with E-state index in [9.17, 15) is 14.7 Å². The van der Waals surface area contributed by atoms with Gasteiger partial charge in [-0.05, 0) is 59.1 Å². The van der Waals surface area contributed by atoms with E-state index in [0.717, 1.165) is 16.7 Å². The van der Waals surface area contributed by atoms with Crippen LogP contribution in [0.15, 0.2) is 101 Å². The Hall–Kier alpha value is -4.00. The van der Waals surface area contributed by atoms with Crippen LogP contribution in [0.25, 0.3) is 0 Å². The van der Waals surface area contributed by atoms with E-state index >= 15 is 0 Å². The molecule has 4 aromatic rings. The van der Waals surface area contributed by atoms with Gasteiger partial charge in [0.2, 0.25) is 0 Å². The van der Waals surface area contributed by atoms with Crippen molar-refractivity contribution in [2.75, 3.05) is 20.8 Å². The van der Waals surface area contributed by atoms with Crippen LogP contribution < -0.4 is 20.7 Å². The number of aliphatic hydroxyl groups is 1. The van der Waals surface area contributed by atoms with Gasteiger partial charge in [-0.1, -0.05) is 75.4 Å². The average molecular weight is 661 g/mol. The Morgan fingerprint density at radius 1 is 0.830 bits per heavy atom. The fourth-order valence-electron chi connectivity index (χ4n) is 5.66. The minimum absolute atomic E-state index is 0.0160. The molecule has 11 heteroatoms. The van der Waals surface area contributed by atoms with Gasteiger partial charge in [0.05, 0.1) is 20.8 Å². The fraction of sp³-hybridized carbons (Fsp3) is 0.389. The molecule has 3 aromatic carbocycles. The number of rotatable bonds is 11. The van der Waals surface area contributed by atoms with Crippen LogP contribution in [0.2, 0.25) is 18.1 Å². The van der Waals surface area contributed by atoms with Gasteiger partial charge < -0.3 is 28.5 Å². The van der Waals surface area contributed by atoms with Crippen molar-refractivity contribution in [3.63, 3.8) is 0 Å². The van der Waals surface area contributed by atoms with Crippen molar-refractivity contribution in [3.8, 4) is 11.5 Å². The summed E-state index contributed by atoms with van der Waals surface area (Å²) < 4.78 is 32.5. The van der Waals surface area contributed by atoms with Crippen LogP contribution in [0.3, 0.4) is 0 Å².